The first-order chi connectivity index (χ1) is 9.73. The maximum atomic E-state index is 3.91. The van der Waals surface area contributed by atoms with Crippen molar-refractivity contribution in [3.05, 3.63) is 0 Å². The summed E-state index contributed by atoms with van der Waals surface area (Å²) in [4.78, 5) is 2.93. The molecule has 1 N–H and O–H groups in total. The second kappa shape index (κ2) is 6.36. The lowest BCUT2D eigenvalue weighted by Crippen LogP contribution is -2.65. The molecule has 0 spiro atoms. The Kier molecular flexibility index (Phi) is 4.72. The van der Waals surface area contributed by atoms with Gasteiger partial charge in [-0.05, 0) is 44.9 Å². The van der Waals surface area contributed by atoms with Gasteiger partial charge in [-0.2, -0.15) is 0 Å². The molecule has 2 heteroatoms. The average Bonchev–Trinajstić information content (AvgIpc) is 3.23. The van der Waals surface area contributed by atoms with Gasteiger partial charge in [-0.15, -0.1) is 0 Å². The van der Waals surface area contributed by atoms with Crippen LogP contribution in [0.3, 0.4) is 0 Å². The fraction of sp³-hybridized carbons (Fsp3) is 1.00. The maximum Gasteiger partial charge on any atom is 0.0309 e. The van der Waals surface area contributed by atoms with Gasteiger partial charge in [0, 0.05) is 30.7 Å². The van der Waals surface area contributed by atoms with E-state index in [-0.39, 0.29) is 0 Å². The van der Waals surface area contributed by atoms with Crippen molar-refractivity contribution in [3.63, 3.8) is 0 Å². The van der Waals surface area contributed by atoms with Crippen molar-refractivity contribution in [2.24, 2.45) is 5.92 Å². The minimum atomic E-state index is 0.411. The van der Waals surface area contributed by atoms with Crippen LogP contribution < -0.4 is 5.32 Å². The third kappa shape index (κ3) is 3.22. The first-order valence-corrected chi connectivity index (χ1v) is 9.24. The Balaban J connectivity index is 1.68. The van der Waals surface area contributed by atoms with Gasteiger partial charge in [0.05, 0.1) is 0 Å². The Morgan fingerprint density at radius 2 is 1.65 bits per heavy atom. The molecule has 2 atom stereocenters. The Labute approximate surface area is 125 Å². The van der Waals surface area contributed by atoms with Crippen molar-refractivity contribution in [1.82, 2.24) is 10.2 Å². The van der Waals surface area contributed by atoms with E-state index >= 15 is 0 Å². The van der Waals surface area contributed by atoms with Crippen LogP contribution in [0.25, 0.3) is 0 Å². The fourth-order valence-electron chi connectivity index (χ4n) is 4.60. The van der Waals surface area contributed by atoms with Gasteiger partial charge in [-0.25, -0.2) is 0 Å². The Hall–Kier alpha value is -0.0800. The maximum absolute atomic E-state index is 3.91. The minimum absolute atomic E-state index is 0.411. The molecule has 3 fully saturated rings. The summed E-state index contributed by atoms with van der Waals surface area (Å²) in [6, 6.07) is 1.66. The second-order valence-electron chi connectivity index (χ2n) is 7.81. The van der Waals surface area contributed by atoms with Crippen LogP contribution >= 0.6 is 0 Å². The molecule has 0 aromatic rings. The van der Waals surface area contributed by atoms with Crippen LogP contribution in [0.2, 0.25) is 0 Å². The number of piperazine rings is 1. The molecule has 0 aromatic carbocycles. The summed E-state index contributed by atoms with van der Waals surface area (Å²) in [6.07, 6.45) is 14.5. The lowest BCUT2D eigenvalue weighted by molar-refractivity contribution is 0.0269. The molecule has 1 heterocycles. The lowest BCUT2D eigenvalue weighted by Gasteiger charge is -2.50. The van der Waals surface area contributed by atoms with E-state index in [0.29, 0.717) is 5.54 Å². The number of nitrogens with one attached hydrogen (secondary N) is 1. The van der Waals surface area contributed by atoms with E-state index < -0.39 is 0 Å². The largest absolute Gasteiger partial charge is 0.308 e. The smallest absolute Gasteiger partial charge is 0.0309 e. The van der Waals surface area contributed by atoms with Crippen molar-refractivity contribution < 1.29 is 0 Å². The zero-order valence-electron chi connectivity index (χ0n) is 13.7. The fourth-order valence-corrected chi connectivity index (χ4v) is 4.60. The number of rotatable bonds is 3. The van der Waals surface area contributed by atoms with Crippen molar-refractivity contribution in [3.8, 4) is 0 Å². The molecule has 3 aliphatic rings. The molecule has 1 saturated heterocycles. The number of hydrogen-bond acceptors (Lipinski definition) is 2. The molecule has 3 rings (SSSR count). The van der Waals surface area contributed by atoms with Crippen molar-refractivity contribution in [1.29, 1.82) is 0 Å². The SMILES string of the molecule is CCC1CNC(C)(C2CC2)CN1C1CCCCCCC1. The highest BCUT2D eigenvalue weighted by atomic mass is 15.3. The topological polar surface area (TPSA) is 15.3 Å². The van der Waals surface area contributed by atoms with E-state index in [9.17, 15) is 0 Å². The minimum Gasteiger partial charge on any atom is -0.308 e. The first kappa shape index (κ1) is 14.8. The van der Waals surface area contributed by atoms with E-state index in [1.165, 1.54) is 77.3 Å². The Bertz CT molecular complexity index is 305. The molecule has 20 heavy (non-hydrogen) atoms. The third-order valence-corrected chi connectivity index (χ3v) is 6.21. The summed E-state index contributed by atoms with van der Waals surface area (Å²) in [6.45, 7) is 7.40. The second-order valence-corrected chi connectivity index (χ2v) is 7.81. The standard InChI is InChI=1S/C18H34N2/c1-3-16-13-19-18(2,15-11-12-15)14-20(16)17-9-7-5-4-6-8-10-17/h15-17,19H,3-14H2,1-2H3. The van der Waals surface area contributed by atoms with Crippen LogP contribution in [0, 0.1) is 5.92 Å². The molecule has 2 nitrogen and oxygen atoms in total. The van der Waals surface area contributed by atoms with Gasteiger partial charge < -0.3 is 5.32 Å². The third-order valence-electron chi connectivity index (χ3n) is 6.21. The van der Waals surface area contributed by atoms with Crippen molar-refractivity contribution >= 4 is 0 Å². The van der Waals surface area contributed by atoms with Crippen LogP contribution in [0.15, 0.2) is 0 Å². The van der Waals surface area contributed by atoms with Gasteiger partial charge in [0.15, 0.2) is 0 Å². The molecule has 2 saturated carbocycles. The molecular weight excluding hydrogens is 244 g/mol. The van der Waals surface area contributed by atoms with Gasteiger partial charge in [-0.1, -0.05) is 39.0 Å². The van der Waals surface area contributed by atoms with Gasteiger partial charge in [0.1, 0.15) is 0 Å². The quantitative estimate of drug-likeness (QED) is 0.841. The molecule has 2 unspecified atom stereocenters. The van der Waals surface area contributed by atoms with E-state index in [0.717, 1.165) is 18.0 Å². The first-order valence-electron chi connectivity index (χ1n) is 9.24. The normalized spacial score (nSPS) is 38.4. The molecule has 1 aliphatic heterocycles. The zero-order chi connectivity index (χ0) is 14.0. The molecule has 0 amide bonds. The van der Waals surface area contributed by atoms with E-state index in [1.807, 2.05) is 0 Å². The lowest BCUT2D eigenvalue weighted by atomic mass is 9.86. The van der Waals surface area contributed by atoms with E-state index in [1.54, 1.807) is 0 Å². The van der Waals surface area contributed by atoms with Crippen LogP contribution in [0.5, 0.6) is 0 Å². The highest BCUT2D eigenvalue weighted by Gasteiger charge is 2.46. The number of nitrogens with zero attached hydrogens (tertiary/aromatic N) is 1. The monoisotopic (exact) mass is 278 g/mol. The predicted molar refractivity (Wildman–Crippen MR) is 86.0 cm³/mol. The van der Waals surface area contributed by atoms with Gasteiger partial charge in [-0.3, -0.25) is 4.90 Å². The van der Waals surface area contributed by atoms with Crippen LogP contribution in [0.4, 0.5) is 0 Å². The summed E-state index contributed by atoms with van der Waals surface area (Å²) in [7, 11) is 0. The Morgan fingerprint density at radius 1 is 1.00 bits per heavy atom. The molecule has 2 aliphatic carbocycles. The molecule has 116 valence electrons. The molecule has 0 aromatic heterocycles. The summed E-state index contributed by atoms with van der Waals surface area (Å²) in [5.74, 6) is 0.955. The van der Waals surface area contributed by atoms with Crippen molar-refractivity contribution in [2.45, 2.75) is 95.7 Å². The highest BCUT2D eigenvalue weighted by Crippen LogP contribution is 2.42. The van der Waals surface area contributed by atoms with Crippen LogP contribution in [-0.2, 0) is 0 Å². The predicted octanol–water partition coefficient (Wildman–Crippen LogP) is 3.95. The van der Waals surface area contributed by atoms with Gasteiger partial charge >= 0.3 is 0 Å². The summed E-state index contributed by atoms with van der Waals surface area (Å²) in [5, 5.41) is 3.91. The molecule has 0 radical (unpaired) electrons. The van der Waals surface area contributed by atoms with Crippen LogP contribution in [-0.4, -0.2) is 35.6 Å². The molecular formula is C18H34N2. The van der Waals surface area contributed by atoms with E-state index in [2.05, 4.69) is 24.1 Å². The highest BCUT2D eigenvalue weighted by molar-refractivity contribution is 5.05. The zero-order valence-corrected chi connectivity index (χ0v) is 13.7. The molecule has 0 bridgehead atoms. The number of hydrogen-bond donors (Lipinski definition) is 1. The summed E-state index contributed by atoms with van der Waals surface area (Å²) >= 11 is 0. The Morgan fingerprint density at radius 3 is 2.25 bits per heavy atom. The average molecular weight is 278 g/mol. The van der Waals surface area contributed by atoms with Crippen LogP contribution in [0.1, 0.15) is 78.1 Å². The summed E-state index contributed by atoms with van der Waals surface area (Å²) in [5.41, 5.74) is 0.411. The van der Waals surface area contributed by atoms with Gasteiger partial charge in [0.2, 0.25) is 0 Å². The summed E-state index contributed by atoms with van der Waals surface area (Å²) < 4.78 is 0. The van der Waals surface area contributed by atoms with Crippen molar-refractivity contribution in [2.75, 3.05) is 13.1 Å². The van der Waals surface area contributed by atoms with E-state index in [4.69, 9.17) is 0 Å². The van der Waals surface area contributed by atoms with Gasteiger partial charge in [0.25, 0.3) is 0 Å².